The minimum atomic E-state index is -0.186. The predicted octanol–water partition coefficient (Wildman–Crippen LogP) is 2.98. The molecule has 0 spiro atoms. The number of likely N-dealkylation sites (tertiary alicyclic amines) is 1. The number of nitrogens with zero attached hydrogens (tertiary/aromatic N) is 2. The summed E-state index contributed by atoms with van der Waals surface area (Å²) in [5.74, 6) is 0.0310. The normalized spacial score (nSPS) is 19.1. The SMILES string of the molecule is O=C(CN1CCCc2cc(F)ccc21)N1CCCCCC1. The standard InChI is InChI=1S/C17H23FN2O/c18-15-7-8-16-14(12-15)6-5-11-20(16)13-17(21)19-9-3-1-2-4-10-19/h7-8,12H,1-6,9-11,13H2. The molecule has 1 aromatic carbocycles. The van der Waals surface area contributed by atoms with Crippen molar-refractivity contribution in [1.29, 1.82) is 0 Å². The fraction of sp³-hybridized carbons (Fsp3) is 0.588. The van der Waals surface area contributed by atoms with Crippen LogP contribution in [0.1, 0.15) is 37.7 Å². The Morgan fingerprint density at radius 2 is 1.81 bits per heavy atom. The maximum Gasteiger partial charge on any atom is 0.242 e. The Labute approximate surface area is 125 Å². The third-order valence-electron chi connectivity index (χ3n) is 4.54. The van der Waals surface area contributed by atoms with Crippen molar-refractivity contribution in [2.75, 3.05) is 31.1 Å². The first-order valence-corrected chi connectivity index (χ1v) is 8.05. The highest BCUT2D eigenvalue weighted by Gasteiger charge is 2.22. The number of hydrogen-bond acceptors (Lipinski definition) is 2. The molecule has 0 atom stereocenters. The van der Waals surface area contributed by atoms with Crippen LogP contribution in [0.4, 0.5) is 10.1 Å². The number of carbonyl (C=O) groups is 1. The van der Waals surface area contributed by atoms with Gasteiger partial charge in [-0.15, -0.1) is 0 Å². The van der Waals surface area contributed by atoms with Gasteiger partial charge in [0.1, 0.15) is 5.82 Å². The van der Waals surface area contributed by atoms with E-state index in [1.807, 2.05) is 11.0 Å². The molecule has 2 heterocycles. The Morgan fingerprint density at radius 1 is 1.05 bits per heavy atom. The van der Waals surface area contributed by atoms with Crippen LogP contribution in [-0.4, -0.2) is 37.0 Å². The van der Waals surface area contributed by atoms with Gasteiger partial charge >= 0.3 is 0 Å². The number of carbonyl (C=O) groups excluding carboxylic acids is 1. The molecule has 21 heavy (non-hydrogen) atoms. The smallest absolute Gasteiger partial charge is 0.242 e. The summed E-state index contributed by atoms with van der Waals surface area (Å²) in [5, 5.41) is 0. The number of hydrogen-bond donors (Lipinski definition) is 0. The molecule has 0 bridgehead atoms. The summed E-state index contributed by atoms with van der Waals surface area (Å²) < 4.78 is 13.3. The second-order valence-corrected chi connectivity index (χ2v) is 6.09. The highest BCUT2D eigenvalue weighted by Crippen LogP contribution is 2.27. The van der Waals surface area contributed by atoms with Crippen molar-refractivity contribution >= 4 is 11.6 Å². The van der Waals surface area contributed by atoms with Crippen molar-refractivity contribution in [2.24, 2.45) is 0 Å². The molecule has 0 radical (unpaired) electrons. The summed E-state index contributed by atoms with van der Waals surface area (Å²) in [4.78, 5) is 16.6. The van der Waals surface area contributed by atoms with E-state index >= 15 is 0 Å². The van der Waals surface area contributed by atoms with E-state index in [9.17, 15) is 9.18 Å². The third-order valence-corrected chi connectivity index (χ3v) is 4.54. The van der Waals surface area contributed by atoms with Gasteiger partial charge in [-0.25, -0.2) is 4.39 Å². The van der Waals surface area contributed by atoms with Crippen molar-refractivity contribution in [3.05, 3.63) is 29.6 Å². The third kappa shape index (κ3) is 3.36. The zero-order valence-electron chi connectivity index (χ0n) is 12.5. The first-order valence-electron chi connectivity index (χ1n) is 8.05. The van der Waals surface area contributed by atoms with Gasteiger partial charge in [0.2, 0.25) is 5.91 Å². The molecule has 0 N–H and O–H groups in total. The average Bonchev–Trinajstić information content (AvgIpc) is 2.76. The molecule has 3 rings (SSSR count). The molecule has 1 aromatic rings. The van der Waals surface area contributed by atoms with Crippen LogP contribution in [-0.2, 0) is 11.2 Å². The highest BCUT2D eigenvalue weighted by molar-refractivity contribution is 5.82. The molecule has 1 amide bonds. The second kappa shape index (κ2) is 6.46. The Hall–Kier alpha value is -1.58. The molecular formula is C17H23FN2O. The Bertz CT molecular complexity index is 510. The molecule has 0 aromatic heterocycles. The van der Waals surface area contributed by atoms with Crippen molar-refractivity contribution in [2.45, 2.75) is 38.5 Å². The lowest BCUT2D eigenvalue weighted by atomic mass is 10.0. The van der Waals surface area contributed by atoms with Gasteiger partial charge in [-0.05, 0) is 49.4 Å². The van der Waals surface area contributed by atoms with Crippen molar-refractivity contribution in [3.8, 4) is 0 Å². The summed E-state index contributed by atoms with van der Waals surface area (Å²) in [6.45, 7) is 3.10. The van der Waals surface area contributed by atoms with Gasteiger partial charge in [-0.2, -0.15) is 0 Å². The Morgan fingerprint density at radius 3 is 2.57 bits per heavy atom. The van der Waals surface area contributed by atoms with Gasteiger partial charge in [0, 0.05) is 25.3 Å². The zero-order valence-corrected chi connectivity index (χ0v) is 12.5. The van der Waals surface area contributed by atoms with Crippen LogP contribution in [0.15, 0.2) is 18.2 Å². The first kappa shape index (κ1) is 14.4. The van der Waals surface area contributed by atoms with Crippen molar-refractivity contribution in [1.82, 2.24) is 4.90 Å². The van der Waals surface area contributed by atoms with Gasteiger partial charge in [0.05, 0.1) is 6.54 Å². The van der Waals surface area contributed by atoms with Crippen LogP contribution in [0.3, 0.4) is 0 Å². The number of fused-ring (bicyclic) bond motifs is 1. The molecule has 2 aliphatic heterocycles. The van der Waals surface area contributed by atoms with Gasteiger partial charge in [-0.3, -0.25) is 4.79 Å². The molecule has 3 nitrogen and oxygen atoms in total. The van der Waals surface area contributed by atoms with Crippen molar-refractivity contribution in [3.63, 3.8) is 0 Å². The number of halogens is 1. The maximum atomic E-state index is 13.3. The second-order valence-electron chi connectivity index (χ2n) is 6.09. The number of anilines is 1. The minimum Gasteiger partial charge on any atom is -0.362 e. The Kier molecular flexibility index (Phi) is 4.42. The fourth-order valence-corrected chi connectivity index (χ4v) is 3.39. The summed E-state index contributed by atoms with van der Waals surface area (Å²) in [7, 11) is 0. The summed E-state index contributed by atoms with van der Waals surface area (Å²) in [6, 6.07) is 4.92. The van der Waals surface area contributed by atoms with E-state index in [1.165, 1.54) is 18.9 Å². The van der Waals surface area contributed by atoms with Crippen LogP contribution in [0.5, 0.6) is 0 Å². The molecule has 0 saturated carbocycles. The van der Waals surface area contributed by atoms with E-state index in [4.69, 9.17) is 0 Å². The van der Waals surface area contributed by atoms with E-state index in [0.29, 0.717) is 6.54 Å². The molecule has 0 aliphatic carbocycles. The molecule has 4 heteroatoms. The van der Waals surface area contributed by atoms with E-state index < -0.39 is 0 Å². The summed E-state index contributed by atoms with van der Waals surface area (Å²) >= 11 is 0. The predicted molar refractivity (Wildman–Crippen MR) is 82.0 cm³/mol. The van der Waals surface area contributed by atoms with E-state index in [-0.39, 0.29) is 11.7 Å². The maximum absolute atomic E-state index is 13.3. The van der Waals surface area contributed by atoms with Crippen molar-refractivity contribution < 1.29 is 9.18 Å². The van der Waals surface area contributed by atoms with Crippen LogP contribution < -0.4 is 4.90 Å². The monoisotopic (exact) mass is 290 g/mol. The summed E-state index contributed by atoms with van der Waals surface area (Å²) in [6.07, 6.45) is 6.59. The lowest BCUT2D eigenvalue weighted by Gasteiger charge is -2.32. The average molecular weight is 290 g/mol. The molecule has 2 aliphatic rings. The number of rotatable bonds is 2. The summed E-state index contributed by atoms with van der Waals surface area (Å²) in [5.41, 5.74) is 2.07. The number of amides is 1. The van der Waals surface area contributed by atoms with Crippen LogP contribution in [0, 0.1) is 5.82 Å². The van der Waals surface area contributed by atoms with E-state index in [1.54, 1.807) is 6.07 Å². The van der Waals surface area contributed by atoms with Crippen LogP contribution >= 0.6 is 0 Å². The van der Waals surface area contributed by atoms with Gasteiger partial charge in [0.25, 0.3) is 0 Å². The largest absolute Gasteiger partial charge is 0.362 e. The first-order chi connectivity index (χ1) is 10.2. The van der Waals surface area contributed by atoms with Gasteiger partial charge < -0.3 is 9.80 Å². The molecule has 114 valence electrons. The molecule has 1 fully saturated rings. The molecule has 0 unspecified atom stereocenters. The van der Waals surface area contributed by atoms with Crippen LogP contribution in [0.2, 0.25) is 0 Å². The molecular weight excluding hydrogens is 267 g/mol. The minimum absolute atomic E-state index is 0.186. The topological polar surface area (TPSA) is 23.6 Å². The van der Waals surface area contributed by atoms with E-state index in [0.717, 1.165) is 56.6 Å². The highest BCUT2D eigenvalue weighted by atomic mass is 19.1. The molecule has 1 saturated heterocycles. The quantitative estimate of drug-likeness (QED) is 0.836. The van der Waals surface area contributed by atoms with Crippen LogP contribution in [0.25, 0.3) is 0 Å². The van der Waals surface area contributed by atoms with Gasteiger partial charge in [0.15, 0.2) is 0 Å². The Balaban J connectivity index is 1.69. The lowest BCUT2D eigenvalue weighted by Crippen LogP contribution is -2.42. The number of benzene rings is 1. The fourth-order valence-electron chi connectivity index (χ4n) is 3.39. The number of aryl methyl sites for hydroxylation is 1. The lowest BCUT2D eigenvalue weighted by molar-refractivity contribution is -0.129. The zero-order chi connectivity index (χ0) is 14.7. The van der Waals surface area contributed by atoms with E-state index in [2.05, 4.69) is 4.90 Å². The van der Waals surface area contributed by atoms with Gasteiger partial charge in [-0.1, -0.05) is 12.8 Å².